The molecule has 5 heteroatoms. The quantitative estimate of drug-likeness (QED) is 0.740. The minimum atomic E-state index is -0.673. The molecule has 0 spiro atoms. The van der Waals surface area contributed by atoms with E-state index < -0.39 is 6.10 Å². The van der Waals surface area contributed by atoms with Gasteiger partial charge in [-0.3, -0.25) is 4.79 Å². The molecule has 5 nitrogen and oxygen atoms in total. The Hall–Kier alpha value is -1.85. The second-order valence-electron chi connectivity index (χ2n) is 4.86. The van der Waals surface area contributed by atoms with Gasteiger partial charge in [0.1, 0.15) is 0 Å². The first-order valence-corrected chi connectivity index (χ1v) is 6.61. The van der Waals surface area contributed by atoms with Crippen molar-refractivity contribution in [2.45, 2.75) is 19.4 Å². The Morgan fingerprint density at radius 1 is 1.45 bits per heavy atom. The molecule has 1 aromatic heterocycles. The fourth-order valence-electron chi connectivity index (χ4n) is 2.27. The van der Waals surface area contributed by atoms with Gasteiger partial charge in [-0.05, 0) is 18.6 Å². The zero-order valence-corrected chi connectivity index (χ0v) is 11.8. The molecule has 108 valence electrons. The van der Waals surface area contributed by atoms with Crippen LogP contribution in [0.3, 0.4) is 0 Å². The van der Waals surface area contributed by atoms with Crippen molar-refractivity contribution < 1.29 is 14.6 Å². The molecule has 0 fully saturated rings. The van der Waals surface area contributed by atoms with Crippen LogP contribution in [0.1, 0.15) is 11.3 Å². The summed E-state index contributed by atoms with van der Waals surface area (Å²) >= 11 is 0. The number of methoxy groups -OCH3 is 1. The van der Waals surface area contributed by atoms with Crippen molar-refractivity contribution >= 4 is 16.8 Å². The summed E-state index contributed by atoms with van der Waals surface area (Å²) in [6.07, 6.45) is -0.372. The van der Waals surface area contributed by atoms with Crippen molar-refractivity contribution in [3.05, 3.63) is 35.5 Å². The van der Waals surface area contributed by atoms with Crippen LogP contribution in [0.25, 0.3) is 10.9 Å². The number of H-pyrrole nitrogens is 1. The summed E-state index contributed by atoms with van der Waals surface area (Å²) < 4.78 is 4.81. The molecule has 0 saturated heterocycles. The molecule has 0 aliphatic rings. The maximum Gasteiger partial charge on any atom is 0.224 e. The number of hydrogen-bond acceptors (Lipinski definition) is 3. The molecule has 0 bridgehead atoms. The van der Waals surface area contributed by atoms with Gasteiger partial charge < -0.3 is 20.1 Å². The summed E-state index contributed by atoms with van der Waals surface area (Å²) in [7, 11) is 1.51. The number of para-hydroxylation sites is 1. The Labute approximate surface area is 117 Å². The van der Waals surface area contributed by atoms with E-state index in [2.05, 4.69) is 10.3 Å². The third kappa shape index (κ3) is 3.37. The van der Waals surface area contributed by atoms with Crippen molar-refractivity contribution in [1.82, 2.24) is 10.3 Å². The number of aromatic nitrogens is 1. The second-order valence-corrected chi connectivity index (χ2v) is 4.86. The molecule has 2 aromatic rings. The number of carbonyl (C=O) groups excluding carboxylic acids is 1. The van der Waals surface area contributed by atoms with Crippen LogP contribution in [0, 0.1) is 6.92 Å². The molecule has 20 heavy (non-hydrogen) atoms. The molecule has 1 heterocycles. The molecule has 1 amide bonds. The zero-order chi connectivity index (χ0) is 14.5. The van der Waals surface area contributed by atoms with Gasteiger partial charge in [0, 0.05) is 30.3 Å². The van der Waals surface area contributed by atoms with E-state index in [-0.39, 0.29) is 19.1 Å². The average molecular weight is 276 g/mol. The van der Waals surface area contributed by atoms with Crippen LogP contribution in [0.4, 0.5) is 0 Å². The lowest BCUT2D eigenvalue weighted by Crippen LogP contribution is -2.35. The number of ether oxygens (including phenoxy) is 1. The van der Waals surface area contributed by atoms with Crippen LogP contribution in [0.5, 0.6) is 0 Å². The van der Waals surface area contributed by atoms with Gasteiger partial charge in [0.25, 0.3) is 0 Å². The molecule has 0 aliphatic heterocycles. The Morgan fingerprint density at radius 3 is 2.95 bits per heavy atom. The Morgan fingerprint density at radius 2 is 2.20 bits per heavy atom. The molecular weight excluding hydrogens is 256 g/mol. The van der Waals surface area contributed by atoms with Gasteiger partial charge in [0.2, 0.25) is 5.91 Å². The number of aliphatic hydroxyl groups excluding tert-OH is 1. The van der Waals surface area contributed by atoms with Gasteiger partial charge in [-0.25, -0.2) is 0 Å². The summed E-state index contributed by atoms with van der Waals surface area (Å²) in [5.41, 5.74) is 3.03. The van der Waals surface area contributed by atoms with Crippen LogP contribution in [-0.2, 0) is 16.0 Å². The molecule has 0 radical (unpaired) electrons. The number of aryl methyl sites for hydroxylation is 1. The standard InChI is InChI=1S/C15H20N2O3/c1-10-13(12-5-3-4-6-14(12)17-10)7-15(19)16-8-11(18)9-20-2/h3-6,11,17-18H,7-9H2,1-2H3,(H,16,19). The van der Waals surface area contributed by atoms with Crippen LogP contribution in [0.15, 0.2) is 24.3 Å². The number of fused-ring (bicyclic) bond motifs is 1. The van der Waals surface area contributed by atoms with E-state index in [4.69, 9.17) is 4.74 Å². The van der Waals surface area contributed by atoms with Crippen molar-refractivity contribution in [2.24, 2.45) is 0 Å². The monoisotopic (exact) mass is 276 g/mol. The zero-order valence-electron chi connectivity index (χ0n) is 11.8. The third-order valence-corrected chi connectivity index (χ3v) is 3.26. The molecule has 3 N–H and O–H groups in total. The van der Waals surface area contributed by atoms with E-state index in [0.29, 0.717) is 6.42 Å². The topological polar surface area (TPSA) is 74.3 Å². The number of benzene rings is 1. The van der Waals surface area contributed by atoms with Crippen molar-refractivity contribution in [3.8, 4) is 0 Å². The fraction of sp³-hybridized carbons (Fsp3) is 0.400. The van der Waals surface area contributed by atoms with E-state index in [9.17, 15) is 9.90 Å². The highest BCUT2D eigenvalue weighted by atomic mass is 16.5. The van der Waals surface area contributed by atoms with Crippen molar-refractivity contribution in [2.75, 3.05) is 20.3 Å². The number of nitrogens with one attached hydrogen (secondary N) is 2. The minimum Gasteiger partial charge on any atom is -0.389 e. The summed E-state index contributed by atoms with van der Waals surface area (Å²) in [5, 5.41) is 13.3. The lowest BCUT2D eigenvalue weighted by atomic mass is 10.1. The van der Waals surface area contributed by atoms with E-state index in [0.717, 1.165) is 22.2 Å². The number of amides is 1. The van der Waals surface area contributed by atoms with Crippen LogP contribution in [0.2, 0.25) is 0 Å². The number of aliphatic hydroxyl groups is 1. The van der Waals surface area contributed by atoms with E-state index >= 15 is 0 Å². The highest BCUT2D eigenvalue weighted by Gasteiger charge is 2.13. The second kappa shape index (κ2) is 6.54. The van der Waals surface area contributed by atoms with Gasteiger partial charge in [-0.1, -0.05) is 18.2 Å². The van der Waals surface area contributed by atoms with Crippen LogP contribution in [-0.4, -0.2) is 42.4 Å². The molecule has 1 aromatic carbocycles. The van der Waals surface area contributed by atoms with Crippen LogP contribution < -0.4 is 5.32 Å². The normalized spacial score (nSPS) is 12.6. The first-order valence-electron chi connectivity index (χ1n) is 6.61. The largest absolute Gasteiger partial charge is 0.389 e. The average Bonchev–Trinajstić information content (AvgIpc) is 2.73. The Bertz CT molecular complexity index is 592. The molecular formula is C15H20N2O3. The maximum atomic E-state index is 11.9. The number of rotatable bonds is 6. The van der Waals surface area contributed by atoms with Gasteiger partial charge in [-0.15, -0.1) is 0 Å². The van der Waals surface area contributed by atoms with Crippen molar-refractivity contribution in [1.29, 1.82) is 0 Å². The van der Waals surface area contributed by atoms with Gasteiger partial charge in [0.05, 0.1) is 19.1 Å². The summed E-state index contributed by atoms with van der Waals surface area (Å²) in [6, 6.07) is 7.91. The Balaban J connectivity index is 2.01. The summed E-state index contributed by atoms with van der Waals surface area (Å²) in [6.45, 7) is 2.38. The third-order valence-electron chi connectivity index (χ3n) is 3.26. The number of aromatic amines is 1. The summed E-state index contributed by atoms with van der Waals surface area (Å²) in [5.74, 6) is -0.104. The molecule has 1 unspecified atom stereocenters. The van der Waals surface area contributed by atoms with E-state index in [1.54, 1.807) is 0 Å². The lowest BCUT2D eigenvalue weighted by molar-refractivity contribution is -0.121. The number of carbonyl (C=O) groups is 1. The minimum absolute atomic E-state index is 0.104. The van der Waals surface area contributed by atoms with Gasteiger partial charge in [-0.2, -0.15) is 0 Å². The molecule has 1 atom stereocenters. The maximum absolute atomic E-state index is 11.9. The first kappa shape index (κ1) is 14.6. The Kier molecular flexibility index (Phi) is 4.76. The molecule has 0 aliphatic carbocycles. The molecule has 0 saturated carbocycles. The van der Waals surface area contributed by atoms with Crippen LogP contribution >= 0.6 is 0 Å². The lowest BCUT2D eigenvalue weighted by Gasteiger charge is -2.10. The van der Waals surface area contributed by atoms with Gasteiger partial charge in [0.15, 0.2) is 0 Å². The fourth-order valence-corrected chi connectivity index (χ4v) is 2.27. The van der Waals surface area contributed by atoms with E-state index in [1.165, 1.54) is 7.11 Å². The highest BCUT2D eigenvalue weighted by Crippen LogP contribution is 2.22. The predicted octanol–water partition coefficient (Wildman–Crippen LogP) is 1.14. The predicted molar refractivity (Wildman–Crippen MR) is 77.6 cm³/mol. The highest BCUT2D eigenvalue weighted by molar-refractivity contribution is 5.90. The van der Waals surface area contributed by atoms with Gasteiger partial charge >= 0.3 is 0 Å². The first-order chi connectivity index (χ1) is 9.61. The number of hydrogen-bond donors (Lipinski definition) is 3. The summed E-state index contributed by atoms with van der Waals surface area (Å²) in [4.78, 5) is 15.2. The SMILES string of the molecule is COCC(O)CNC(=O)Cc1c(C)[nH]c2ccccc12. The van der Waals surface area contributed by atoms with E-state index in [1.807, 2.05) is 31.2 Å². The van der Waals surface area contributed by atoms with Crippen molar-refractivity contribution in [3.63, 3.8) is 0 Å². The molecule has 2 rings (SSSR count). The smallest absolute Gasteiger partial charge is 0.224 e.